The van der Waals surface area contributed by atoms with Gasteiger partial charge >= 0.3 is 0 Å². The smallest absolute Gasteiger partial charge is 0.100 e. The van der Waals surface area contributed by atoms with E-state index < -0.39 is 0 Å². The lowest BCUT2D eigenvalue weighted by molar-refractivity contribution is 0.137. The number of hydrogen-bond donors (Lipinski definition) is 0. The molecule has 0 saturated carbocycles. The third kappa shape index (κ3) is 5.28. The van der Waals surface area contributed by atoms with Gasteiger partial charge in [-0.05, 0) is 31.2 Å². The topological polar surface area (TPSA) is 9.23 Å². The van der Waals surface area contributed by atoms with Crippen molar-refractivity contribution in [3.63, 3.8) is 0 Å². The van der Waals surface area contributed by atoms with Crippen molar-refractivity contribution >= 4 is 23.5 Å². The molecule has 0 aliphatic rings. The predicted molar refractivity (Wildman–Crippen MR) is 76.0 cm³/mol. The summed E-state index contributed by atoms with van der Waals surface area (Å²) in [5.74, 6) is 2.13. The third-order valence-corrected chi connectivity index (χ3v) is 3.95. The van der Waals surface area contributed by atoms with Gasteiger partial charge in [-0.2, -0.15) is 11.8 Å². The molecule has 1 aromatic rings. The molecule has 0 fully saturated rings. The molecule has 0 radical (unpaired) electrons. The normalized spacial score (nSPS) is 12.7. The van der Waals surface area contributed by atoms with E-state index in [1.165, 1.54) is 11.1 Å². The minimum atomic E-state index is 0.288. The van der Waals surface area contributed by atoms with Gasteiger partial charge in [-0.15, -0.1) is 11.8 Å². The Kier molecular flexibility index (Phi) is 7.01. The Labute approximate surface area is 107 Å². The molecule has 0 saturated heterocycles. The van der Waals surface area contributed by atoms with Gasteiger partial charge in [0.05, 0.1) is 0 Å². The van der Waals surface area contributed by atoms with E-state index in [9.17, 15) is 0 Å². The molecule has 3 heteroatoms. The van der Waals surface area contributed by atoms with Crippen LogP contribution in [0.25, 0.3) is 0 Å². The molecule has 0 aromatic heterocycles. The van der Waals surface area contributed by atoms with Crippen LogP contribution in [0.1, 0.15) is 25.0 Å². The molecular weight excluding hydrogens is 236 g/mol. The summed E-state index contributed by atoms with van der Waals surface area (Å²) in [4.78, 5) is 0. The fraction of sp³-hybridized carbons (Fsp3) is 0.538. The van der Waals surface area contributed by atoms with Crippen LogP contribution in [0.4, 0.5) is 0 Å². The van der Waals surface area contributed by atoms with Crippen molar-refractivity contribution in [3.8, 4) is 0 Å². The Morgan fingerprint density at radius 2 is 1.69 bits per heavy atom. The van der Waals surface area contributed by atoms with Crippen LogP contribution >= 0.6 is 23.5 Å². The molecule has 1 atom stereocenters. The van der Waals surface area contributed by atoms with Crippen molar-refractivity contribution in [1.29, 1.82) is 0 Å². The molecule has 0 amide bonds. The zero-order valence-electron chi connectivity index (χ0n) is 10.2. The first kappa shape index (κ1) is 13.9. The van der Waals surface area contributed by atoms with Crippen LogP contribution in [-0.4, -0.2) is 18.3 Å². The van der Waals surface area contributed by atoms with E-state index in [4.69, 9.17) is 4.74 Å². The Morgan fingerprint density at radius 1 is 1.12 bits per heavy atom. The highest BCUT2D eigenvalue weighted by Gasteiger charge is 2.02. The van der Waals surface area contributed by atoms with Gasteiger partial charge in [0.1, 0.15) is 5.44 Å². The summed E-state index contributed by atoms with van der Waals surface area (Å²) >= 11 is 3.71. The maximum absolute atomic E-state index is 5.49. The second-order valence-electron chi connectivity index (χ2n) is 3.58. The molecule has 1 aromatic carbocycles. The molecule has 0 aliphatic heterocycles. The van der Waals surface area contributed by atoms with E-state index in [0.717, 1.165) is 18.1 Å². The predicted octanol–water partition coefficient (Wildman–Crippen LogP) is 4.17. The fourth-order valence-electron chi connectivity index (χ4n) is 1.39. The van der Waals surface area contributed by atoms with Crippen LogP contribution in [-0.2, 0) is 16.2 Å². The molecule has 0 N–H and O–H groups in total. The third-order valence-electron chi connectivity index (χ3n) is 2.22. The zero-order valence-corrected chi connectivity index (χ0v) is 11.9. The number of thioether (sulfide) groups is 2. The van der Waals surface area contributed by atoms with E-state index in [-0.39, 0.29) is 5.44 Å². The lowest BCUT2D eigenvalue weighted by Gasteiger charge is -2.11. The Morgan fingerprint density at radius 3 is 2.19 bits per heavy atom. The van der Waals surface area contributed by atoms with E-state index in [0.29, 0.717) is 0 Å². The van der Waals surface area contributed by atoms with Gasteiger partial charge in [-0.3, -0.25) is 0 Å². The fourth-order valence-corrected chi connectivity index (χ4v) is 2.77. The Hall–Kier alpha value is -0.120. The van der Waals surface area contributed by atoms with Crippen molar-refractivity contribution in [1.82, 2.24) is 0 Å². The van der Waals surface area contributed by atoms with Crippen LogP contribution in [0.3, 0.4) is 0 Å². The van der Waals surface area contributed by atoms with Crippen molar-refractivity contribution in [2.45, 2.75) is 30.8 Å². The largest absolute Gasteiger partial charge is 0.368 e. The van der Waals surface area contributed by atoms with E-state index in [1.54, 1.807) is 0 Å². The summed E-state index contributed by atoms with van der Waals surface area (Å²) in [7, 11) is 0. The summed E-state index contributed by atoms with van der Waals surface area (Å²) in [6.45, 7) is 4.94. The molecule has 0 aliphatic carbocycles. The molecule has 0 bridgehead atoms. The second kappa shape index (κ2) is 8.04. The zero-order chi connectivity index (χ0) is 11.8. The average molecular weight is 256 g/mol. The summed E-state index contributed by atoms with van der Waals surface area (Å²) < 4.78 is 5.49. The molecule has 1 rings (SSSR count). The van der Waals surface area contributed by atoms with Gasteiger partial charge in [0.2, 0.25) is 0 Å². The first-order valence-electron chi connectivity index (χ1n) is 5.56. The number of ether oxygens (including phenoxy) is 1. The van der Waals surface area contributed by atoms with Crippen molar-refractivity contribution in [2.24, 2.45) is 0 Å². The van der Waals surface area contributed by atoms with Crippen LogP contribution in [0, 0.1) is 0 Å². The maximum atomic E-state index is 5.49. The monoisotopic (exact) mass is 256 g/mol. The summed E-state index contributed by atoms with van der Waals surface area (Å²) in [6.07, 6.45) is 2.13. The molecule has 1 unspecified atom stereocenters. The molecular formula is C13H20OS2. The van der Waals surface area contributed by atoms with E-state index in [2.05, 4.69) is 37.4 Å². The highest BCUT2D eigenvalue weighted by atomic mass is 32.2. The minimum Gasteiger partial charge on any atom is -0.368 e. The van der Waals surface area contributed by atoms with Gasteiger partial charge in [0.25, 0.3) is 0 Å². The van der Waals surface area contributed by atoms with Crippen molar-refractivity contribution in [3.05, 3.63) is 35.4 Å². The minimum absolute atomic E-state index is 0.288. The van der Waals surface area contributed by atoms with Crippen LogP contribution in [0.15, 0.2) is 24.3 Å². The van der Waals surface area contributed by atoms with Crippen molar-refractivity contribution in [2.75, 3.05) is 12.9 Å². The Balaban J connectivity index is 2.37. The highest BCUT2D eigenvalue weighted by Crippen LogP contribution is 2.19. The molecule has 0 heterocycles. The molecule has 0 spiro atoms. The van der Waals surface area contributed by atoms with Gasteiger partial charge in [0, 0.05) is 18.1 Å². The van der Waals surface area contributed by atoms with E-state index in [1.807, 2.05) is 30.4 Å². The Bertz CT molecular complexity index is 284. The average Bonchev–Trinajstić information content (AvgIpc) is 2.29. The van der Waals surface area contributed by atoms with Gasteiger partial charge in [0.15, 0.2) is 0 Å². The van der Waals surface area contributed by atoms with Crippen LogP contribution in [0.2, 0.25) is 0 Å². The second-order valence-corrected chi connectivity index (χ2v) is 5.74. The molecule has 90 valence electrons. The van der Waals surface area contributed by atoms with Gasteiger partial charge in [-0.1, -0.05) is 24.3 Å². The van der Waals surface area contributed by atoms with Gasteiger partial charge < -0.3 is 4.74 Å². The van der Waals surface area contributed by atoms with Crippen LogP contribution < -0.4 is 0 Å². The number of benzene rings is 1. The summed E-state index contributed by atoms with van der Waals surface area (Å²) in [5, 5.41) is 0. The first-order chi connectivity index (χ1) is 7.76. The lowest BCUT2D eigenvalue weighted by atomic mass is 10.2. The number of rotatable bonds is 7. The van der Waals surface area contributed by atoms with Crippen molar-refractivity contribution < 1.29 is 4.74 Å². The van der Waals surface area contributed by atoms with Gasteiger partial charge in [-0.25, -0.2) is 0 Å². The SMILES string of the molecule is CCOC(C)SCc1ccc(CSC)cc1. The van der Waals surface area contributed by atoms with E-state index >= 15 is 0 Å². The maximum Gasteiger partial charge on any atom is 0.100 e. The summed E-state index contributed by atoms with van der Waals surface area (Å²) in [5.41, 5.74) is 3.07. The van der Waals surface area contributed by atoms with Crippen LogP contribution in [0.5, 0.6) is 0 Å². The lowest BCUT2D eigenvalue weighted by Crippen LogP contribution is -2.02. The molecule has 1 nitrogen and oxygen atoms in total. The first-order valence-corrected chi connectivity index (χ1v) is 8.00. The standard InChI is InChI=1S/C13H20OS2/c1-4-14-11(2)16-10-13-7-5-12(6-8-13)9-15-3/h5-8,11H,4,9-10H2,1-3H3. The number of hydrogen-bond acceptors (Lipinski definition) is 3. The molecule has 16 heavy (non-hydrogen) atoms. The summed E-state index contributed by atoms with van der Waals surface area (Å²) in [6, 6.07) is 8.88. The highest BCUT2D eigenvalue weighted by molar-refractivity contribution is 7.99. The quantitative estimate of drug-likeness (QED) is 0.678.